The maximum absolute atomic E-state index is 9.59. The van der Waals surface area contributed by atoms with Crippen LogP contribution in [0.3, 0.4) is 0 Å². The largest absolute Gasteiger partial charge is 0.385 e. The molecule has 0 aliphatic rings. The Morgan fingerprint density at radius 3 is 2.65 bits per heavy atom. The first-order valence-corrected chi connectivity index (χ1v) is 6.55. The first kappa shape index (κ1) is 12.2. The van der Waals surface area contributed by atoms with E-state index in [1.165, 1.54) is 16.9 Å². The molecule has 1 heterocycles. The van der Waals surface area contributed by atoms with Crippen LogP contribution in [0.15, 0.2) is 29.6 Å². The van der Waals surface area contributed by atoms with E-state index in [-0.39, 0.29) is 6.54 Å². The lowest BCUT2D eigenvalue weighted by atomic mass is 10.1. The predicted octanol–water partition coefficient (Wildman–Crippen LogP) is 2.36. The molecule has 1 atom stereocenters. The molecule has 0 aliphatic heterocycles. The Kier molecular flexibility index (Phi) is 3.89. The molecule has 4 heteroatoms. The lowest BCUT2D eigenvalue weighted by Crippen LogP contribution is -2.11. The molecule has 3 nitrogen and oxygen atoms in total. The molecule has 1 unspecified atom stereocenters. The maximum Gasteiger partial charge on any atom is 0.123 e. The first-order chi connectivity index (χ1) is 8.24. The zero-order valence-corrected chi connectivity index (χ0v) is 10.6. The highest BCUT2D eigenvalue weighted by atomic mass is 32.1. The van der Waals surface area contributed by atoms with Crippen LogP contribution in [0.5, 0.6) is 0 Å². The van der Waals surface area contributed by atoms with Crippen molar-refractivity contribution in [1.82, 2.24) is 4.98 Å². The molecule has 0 radical (unpaired) electrons. The molecule has 2 rings (SSSR count). The highest BCUT2D eigenvalue weighted by Crippen LogP contribution is 2.26. The molecule has 0 saturated carbocycles. The van der Waals surface area contributed by atoms with Gasteiger partial charge in [0.1, 0.15) is 11.1 Å². The van der Waals surface area contributed by atoms with Crippen molar-refractivity contribution in [3.63, 3.8) is 0 Å². The van der Waals surface area contributed by atoms with Crippen LogP contribution in [0.2, 0.25) is 0 Å². The van der Waals surface area contributed by atoms with Crippen molar-refractivity contribution in [2.24, 2.45) is 5.73 Å². The van der Waals surface area contributed by atoms with Gasteiger partial charge in [-0.1, -0.05) is 31.2 Å². The number of rotatable bonds is 4. The van der Waals surface area contributed by atoms with Gasteiger partial charge >= 0.3 is 0 Å². The van der Waals surface area contributed by atoms with Crippen LogP contribution < -0.4 is 5.73 Å². The first-order valence-electron chi connectivity index (χ1n) is 5.67. The standard InChI is InChI=1S/C13H16N2OS/c1-2-9-3-5-10(6-4-9)13-15-11(8-17-13)12(16)7-14/h3-6,8,12,16H,2,7,14H2,1H3. The van der Waals surface area contributed by atoms with Gasteiger partial charge in [0.05, 0.1) is 5.69 Å². The number of aryl methyl sites for hydroxylation is 1. The van der Waals surface area contributed by atoms with E-state index in [0.29, 0.717) is 5.69 Å². The minimum absolute atomic E-state index is 0.206. The summed E-state index contributed by atoms with van der Waals surface area (Å²) in [5.74, 6) is 0. The van der Waals surface area contributed by atoms with Gasteiger partial charge in [0.25, 0.3) is 0 Å². The van der Waals surface area contributed by atoms with Crippen molar-refractivity contribution < 1.29 is 5.11 Å². The molecule has 0 saturated heterocycles. The van der Waals surface area contributed by atoms with Crippen molar-refractivity contribution >= 4 is 11.3 Å². The van der Waals surface area contributed by atoms with E-state index in [2.05, 4.69) is 36.2 Å². The van der Waals surface area contributed by atoms with Crippen LogP contribution in [0.4, 0.5) is 0 Å². The third-order valence-electron chi connectivity index (χ3n) is 2.70. The monoisotopic (exact) mass is 248 g/mol. The number of aliphatic hydroxyl groups excluding tert-OH is 1. The van der Waals surface area contributed by atoms with E-state index in [9.17, 15) is 5.11 Å². The topological polar surface area (TPSA) is 59.1 Å². The second-order valence-electron chi connectivity index (χ2n) is 3.88. The summed E-state index contributed by atoms with van der Waals surface area (Å²) < 4.78 is 0. The van der Waals surface area contributed by atoms with E-state index < -0.39 is 6.10 Å². The summed E-state index contributed by atoms with van der Waals surface area (Å²) in [7, 11) is 0. The van der Waals surface area contributed by atoms with Gasteiger partial charge < -0.3 is 10.8 Å². The van der Waals surface area contributed by atoms with Gasteiger partial charge in [0.15, 0.2) is 0 Å². The average Bonchev–Trinajstić information content (AvgIpc) is 2.87. The summed E-state index contributed by atoms with van der Waals surface area (Å²) in [6.07, 6.45) is 0.380. The second-order valence-corrected chi connectivity index (χ2v) is 4.74. The number of hydrogen-bond acceptors (Lipinski definition) is 4. The third-order valence-corrected chi connectivity index (χ3v) is 3.61. The Hall–Kier alpha value is -1.23. The SMILES string of the molecule is CCc1ccc(-c2nc(C(O)CN)cs2)cc1. The number of nitrogens with zero attached hydrogens (tertiary/aromatic N) is 1. The van der Waals surface area contributed by atoms with Gasteiger partial charge in [-0.2, -0.15) is 0 Å². The molecule has 17 heavy (non-hydrogen) atoms. The smallest absolute Gasteiger partial charge is 0.123 e. The van der Waals surface area contributed by atoms with Crippen LogP contribution in [0, 0.1) is 0 Å². The molecule has 1 aromatic heterocycles. The van der Waals surface area contributed by atoms with Crippen LogP contribution in [0.25, 0.3) is 10.6 Å². The number of aromatic nitrogens is 1. The number of aliphatic hydroxyl groups is 1. The summed E-state index contributed by atoms with van der Waals surface area (Å²) in [6, 6.07) is 8.35. The molecule has 3 N–H and O–H groups in total. The highest BCUT2D eigenvalue weighted by molar-refractivity contribution is 7.13. The van der Waals surface area contributed by atoms with Crippen LogP contribution in [0.1, 0.15) is 24.3 Å². The second kappa shape index (κ2) is 5.40. The van der Waals surface area contributed by atoms with E-state index in [0.717, 1.165) is 17.0 Å². The van der Waals surface area contributed by atoms with Gasteiger partial charge in [-0.3, -0.25) is 0 Å². The van der Waals surface area contributed by atoms with Crippen LogP contribution >= 0.6 is 11.3 Å². The molecular formula is C13H16N2OS. The average molecular weight is 248 g/mol. The zero-order chi connectivity index (χ0) is 12.3. The van der Waals surface area contributed by atoms with Gasteiger partial charge in [-0.15, -0.1) is 11.3 Å². The maximum atomic E-state index is 9.59. The Bertz CT molecular complexity index is 478. The van der Waals surface area contributed by atoms with Gasteiger partial charge in [0.2, 0.25) is 0 Å². The fraction of sp³-hybridized carbons (Fsp3) is 0.308. The molecule has 0 fully saturated rings. The Labute approximate surface area is 105 Å². The van der Waals surface area contributed by atoms with E-state index >= 15 is 0 Å². The minimum Gasteiger partial charge on any atom is -0.385 e. The predicted molar refractivity (Wildman–Crippen MR) is 70.9 cm³/mol. The summed E-state index contributed by atoms with van der Waals surface area (Å²) >= 11 is 1.53. The third kappa shape index (κ3) is 2.72. The Morgan fingerprint density at radius 1 is 1.35 bits per heavy atom. The van der Waals surface area contributed by atoms with Crippen molar-refractivity contribution in [2.45, 2.75) is 19.4 Å². The van der Waals surface area contributed by atoms with Crippen molar-refractivity contribution in [3.05, 3.63) is 40.9 Å². The van der Waals surface area contributed by atoms with E-state index in [4.69, 9.17) is 5.73 Å². The van der Waals surface area contributed by atoms with E-state index in [1.54, 1.807) is 0 Å². The number of hydrogen-bond donors (Lipinski definition) is 2. The van der Waals surface area contributed by atoms with Gasteiger partial charge in [0, 0.05) is 17.5 Å². The summed E-state index contributed by atoms with van der Waals surface area (Å²) in [4.78, 5) is 4.40. The Balaban J connectivity index is 2.24. The van der Waals surface area contributed by atoms with E-state index in [1.807, 2.05) is 5.38 Å². The van der Waals surface area contributed by atoms with Crippen LogP contribution in [-0.4, -0.2) is 16.6 Å². The normalized spacial score (nSPS) is 12.6. The molecular weight excluding hydrogens is 232 g/mol. The lowest BCUT2D eigenvalue weighted by molar-refractivity contribution is 0.182. The van der Waals surface area contributed by atoms with Gasteiger partial charge in [-0.25, -0.2) is 4.98 Å². The number of benzene rings is 1. The van der Waals surface area contributed by atoms with Crippen LogP contribution in [-0.2, 0) is 6.42 Å². The number of thiazole rings is 1. The number of nitrogens with two attached hydrogens (primary N) is 1. The molecule has 0 spiro atoms. The molecule has 2 aromatic rings. The highest BCUT2D eigenvalue weighted by Gasteiger charge is 2.10. The summed E-state index contributed by atoms with van der Waals surface area (Å²) in [5, 5.41) is 12.4. The fourth-order valence-electron chi connectivity index (χ4n) is 1.58. The van der Waals surface area contributed by atoms with Crippen molar-refractivity contribution in [2.75, 3.05) is 6.54 Å². The molecule has 0 amide bonds. The van der Waals surface area contributed by atoms with Gasteiger partial charge in [-0.05, 0) is 12.0 Å². The quantitative estimate of drug-likeness (QED) is 0.873. The summed E-state index contributed by atoms with van der Waals surface area (Å²) in [6.45, 7) is 2.34. The summed E-state index contributed by atoms with van der Waals surface area (Å²) in [5.41, 5.74) is 8.46. The fourth-order valence-corrected chi connectivity index (χ4v) is 2.45. The van der Waals surface area contributed by atoms with Crippen molar-refractivity contribution in [1.29, 1.82) is 0 Å². The molecule has 90 valence electrons. The molecule has 0 bridgehead atoms. The molecule has 1 aromatic carbocycles. The molecule has 0 aliphatic carbocycles. The lowest BCUT2D eigenvalue weighted by Gasteiger charge is -2.02. The minimum atomic E-state index is -0.657. The zero-order valence-electron chi connectivity index (χ0n) is 9.76. The van der Waals surface area contributed by atoms with Crippen molar-refractivity contribution in [3.8, 4) is 10.6 Å². The Morgan fingerprint density at radius 2 is 2.06 bits per heavy atom.